The number of hydrogen-bond acceptors (Lipinski definition) is 5. The van der Waals surface area contributed by atoms with Gasteiger partial charge in [0.2, 0.25) is 0 Å². The molecule has 3 rings (SSSR count). The maximum Gasteiger partial charge on any atom is 0.407 e. The number of likely N-dealkylation sites (tertiary alicyclic amines) is 1. The van der Waals surface area contributed by atoms with Crippen molar-refractivity contribution in [2.75, 3.05) is 51.8 Å². The molecule has 2 aliphatic rings. The van der Waals surface area contributed by atoms with Gasteiger partial charge in [-0.05, 0) is 56.2 Å². The minimum Gasteiger partial charge on any atom is -0.465 e. The molecule has 11 heteroatoms. The number of carbonyl (C=O) groups is 3. The highest BCUT2D eigenvalue weighted by atomic mass is 35.5. The normalized spacial score (nSPS) is 18.5. The average molecular weight is 580 g/mol. The van der Waals surface area contributed by atoms with Gasteiger partial charge in [-0.3, -0.25) is 0 Å². The van der Waals surface area contributed by atoms with Crippen LogP contribution in [0.2, 0.25) is 5.02 Å². The Balaban J connectivity index is 1.70. The molecular weight excluding hydrogens is 534 g/mol. The molecule has 1 aromatic rings. The second-order valence-corrected chi connectivity index (χ2v) is 11.6. The molecule has 0 aromatic heterocycles. The number of carboxylic acid groups (broad SMARTS) is 1. The van der Waals surface area contributed by atoms with Crippen molar-refractivity contribution in [1.82, 2.24) is 20.4 Å². The van der Waals surface area contributed by atoms with Crippen LogP contribution in [0.4, 0.5) is 20.1 Å². The number of hydrogen-bond donors (Lipinski definition) is 3. The molecule has 1 saturated carbocycles. The Morgan fingerprint density at radius 2 is 1.93 bits per heavy atom. The molecule has 10 nitrogen and oxygen atoms in total. The van der Waals surface area contributed by atoms with Crippen LogP contribution >= 0.6 is 11.6 Å². The first-order valence-corrected chi connectivity index (χ1v) is 14.9. The molecule has 2 atom stereocenters. The van der Waals surface area contributed by atoms with Crippen molar-refractivity contribution in [3.05, 3.63) is 28.8 Å². The number of aryl methyl sites for hydroxylation is 1. The van der Waals surface area contributed by atoms with Gasteiger partial charge in [0.1, 0.15) is 0 Å². The number of methoxy groups -OCH3 is 1. The predicted octanol–water partition coefficient (Wildman–Crippen LogP) is 5.32. The highest BCUT2D eigenvalue weighted by Gasteiger charge is 2.31. The smallest absolute Gasteiger partial charge is 0.407 e. The fraction of sp³-hybridized carbons (Fsp3) is 0.690. The summed E-state index contributed by atoms with van der Waals surface area (Å²) in [6, 6.07) is 5.55. The molecule has 1 unspecified atom stereocenters. The van der Waals surface area contributed by atoms with Crippen molar-refractivity contribution in [2.24, 2.45) is 5.92 Å². The number of anilines is 1. The Morgan fingerprint density at radius 3 is 2.62 bits per heavy atom. The summed E-state index contributed by atoms with van der Waals surface area (Å²) in [7, 11) is 2.90. The molecule has 4 amide bonds. The van der Waals surface area contributed by atoms with E-state index in [9.17, 15) is 19.5 Å². The molecular formula is C29H46ClN5O5. The molecule has 2 fully saturated rings. The van der Waals surface area contributed by atoms with Crippen LogP contribution in [0.3, 0.4) is 0 Å². The second kappa shape index (κ2) is 15.8. The zero-order valence-electron chi connectivity index (χ0n) is 24.2. The number of rotatable bonds is 11. The van der Waals surface area contributed by atoms with Gasteiger partial charge in [0.15, 0.2) is 0 Å². The summed E-state index contributed by atoms with van der Waals surface area (Å²) in [5.41, 5.74) is 2.12. The summed E-state index contributed by atoms with van der Waals surface area (Å²) in [6.07, 6.45) is 7.74. The van der Waals surface area contributed by atoms with Gasteiger partial charge in [-0.1, -0.05) is 49.8 Å². The van der Waals surface area contributed by atoms with Crippen LogP contribution in [0.15, 0.2) is 18.2 Å². The molecule has 1 saturated heterocycles. The number of halogens is 1. The van der Waals surface area contributed by atoms with Crippen LogP contribution in [0.25, 0.3) is 0 Å². The summed E-state index contributed by atoms with van der Waals surface area (Å²) in [4.78, 5) is 42.0. The van der Waals surface area contributed by atoms with Crippen LogP contribution in [0.1, 0.15) is 63.4 Å². The third-order valence-electron chi connectivity index (χ3n) is 8.13. The van der Waals surface area contributed by atoms with Crippen LogP contribution in [0, 0.1) is 12.8 Å². The molecule has 1 aromatic carbocycles. The van der Waals surface area contributed by atoms with Gasteiger partial charge < -0.3 is 35.2 Å². The van der Waals surface area contributed by atoms with E-state index < -0.39 is 12.2 Å². The quantitative estimate of drug-likeness (QED) is 0.306. The Kier molecular flexibility index (Phi) is 12.5. The highest BCUT2D eigenvalue weighted by molar-refractivity contribution is 6.30. The Bertz CT molecular complexity index is 990. The minimum atomic E-state index is -0.991. The van der Waals surface area contributed by atoms with E-state index in [1.165, 1.54) is 31.3 Å². The average Bonchev–Trinajstić information content (AvgIpc) is 2.94. The molecule has 40 heavy (non-hydrogen) atoms. The number of ether oxygens (including phenoxy) is 1. The molecule has 0 radical (unpaired) electrons. The summed E-state index contributed by atoms with van der Waals surface area (Å²) in [5.74, 6) is 0.509. The summed E-state index contributed by atoms with van der Waals surface area (Å²) < 4.78 is 4.68. The van der Waals surface area contributed by atoms with Crippen LogP contribution in [0.5, 0.6) is 0 Å². The molecule has 0 bridgehead atoms. The lowest BCUT2D eigenvalue weighted by Gasteiger charge is -2.42. The van der Waals surface area contributed by atoms with Gasteiger partial charge in [-0.15, -0.1) is 0 Å². The van der Waals surface area contributed by atoms with Crippen molar-refractivity contribution in [1.29, 1.82) is 0 Å². The number of alkyl carbamates (subject to hydrolysis) is 1. The third-order valence-corrected chi connectivity index (χ3v) is 8.36. The molecule has 224 valence electrons. The van der Waals surface area contributed by atoms with Gasteiger partial charge in [0.25, 0.3) is 0 Å². The lowest BCUT2D eigenvalue weighted by atomic mass is 9.84. The zero-order chi connectivity index (χ0) is 29.1. The Labute approximate surface area is 243 Å². The lowest BCUT2D eigenvalue weighted by molar-refractivity contribution is 0.142. The third kappa shape index (κ3) is 9.64. The standard InChI is InChI=1S/C29H46ClN5O5/c1-21-12-13-23(30)18-26(21)35(16-8-14-31-28(37)40-3)25-11-7-15-34(20-25)27(36)32-24(19-33(2)29(38)39)17-22-9-5-4-6-10-22/h12-13,18,22,24-25H,4-11,14-17,19-20H2,1-3H3,(H,31,37)(H,32,36)(H,38,39)/t24-,25?/m1/s1. The first kappa shape index (κ1) is 31.6. The van der Waals surface area contributed by atoms with Crippen molar-refractivity contribution in [3.8, 4) is 0 Å². The SMILES string of the molecule is COC(=O)NCCCN(c1cc(Cl)ccc1C)C1CCCN(C(=O)N[C@H](CC2CCCCC2)CN(C)C(=O)O)C1. The van der Waals surface area contributed by atoms with E-state index in [0.29, 0.717) is 43.5 Å². The second-order valence-electron chi connectivity index (χ2n) is 11.2. The van der Waals surface area contributed by atoms with E-state index in [4.69, 9.17) is 11.6 Å². The number of urea groups is 1. The van der Waals surface area contributed by atoms with Gasteiger partial charge in [0, 0.05) is 62.6 Å². The molecule has 1 heterocycles. The molecule has 3 N–H and O–H groups in total. The Hall–Kier alpha value is -2.88. The van der Waals surface area contributed by atoms with Crippen molar-refractivity contribution < 1.29 is 24.2 Å². The largest absolute Gasteiger partial charge is 0.465 e. The maximum atomic E-state index is 13.5. The highest BCUT2D eigenvalue weighted by Crippen LogP contribution is 2.30. The van der Waals surface area contributed by atoms with E-state index in [-0.39, 0.29) is 24.7 Å². The lowest BCUT2D eigenvalue weighted by Crippen LogP contribution is -2.55. The zero-order valence-corrected chi connectivity index (χ0v) is 24.9. The first-order valence-electron chi connectivity index (χ1n) is 14.5. The number of piperidine rings is 1. The minimum absolute atomic E-state index is 0.0771. The molecule has 0 spiro atoms. The van der Waals surface area contributed by atoms with Crippen molar-refractivity contribution >= 4 is 35.5 Å². The van der Waals surface area contributed by atoms with E-state index in [1.807, 2.05) is 30.0 Å². The number of benzene rings is 1. The summed E-state index contributed by atoms with van der Waals surface area (Å²) in [6.45, 7) is 4.68. The number of amides is 4. The fourth-order valence-corrected chi connectivity index (χ4v) is 6.14. The Morgan fingerprint density at radius 1 is 1.18 bits per heavy atom. The van der Waals surface area contributed by atoms with E-state index in [0.717, 1.165) is 43.4 Å². The van der Waals surface area contributed by atoms with Crippen molar-refractivity contribution in [3.63, 3.8) is 0 Å². The molecule has 1 aliphatic heterocycles. The van der Waals surface area contributed by atoms with Gasteiger partial charge in [-0.2, -0.15) is 0 Å². The van der Waals surface area contributed by atoms with Gasteiger partial charge in [-0.25, -0.2) is 14.4 Å². The monoisotopic (exact) mass is 579 g/mol. The van der Waals surface area contributed by atoms with Crippen LogP contribution in [-0.4, -0.2) is 92.1 Å². The summed E-state index contributed by atoms with van der Waals surface area (Å²) in [5, 5.41) is 16.0. The van der Waals surface area contributed by atoms with E-state index in [1.54, 1.807) is 7.05 Å². The fourth-order valence-electron chi connectivity index (χ4n) is 5.98. The number of carbonyl (C=O) groups excluding carboxylic acids is 2. The number of nitrogens with zero attached hydrogens (tertiary/aromatic N) is 3. The van der Waals surface area contributed by atoms with Gasteiger partial charge in [0.05, 0.1) is 7.11 Å². The topological polar surface area (TPSA) is 114 Å². The number of nitrogens with one attached hydrogen (secondary N) is 2. The van der Waals surface area contributed by atoms with E-state index in [2.05, 4.69) is 20.3 Å². The number of likely N-dealkylation sites (N-methyl/N-ethyl adjacent to an activating group) is 1. The van der Waals surface area contributed by atoms with Gasteiger partial charge >= 0.3 is 18.2 Å². The first-order chi connectivity index (χ1) is 19.2. The van der Waals surface area contributed by atoms with Crippen LogP contribution in [-0.2, 0) is 4.74 Å². The predicted molar refractivity (Wildman–Crippen MR) is 157 cm³/mol. The van der Waals surface area contributed by atoms with E-state index >= 15 is 0 Å². The molecule has 1 aliphatic carbocycles. The van der Waals surface area contributed by atoms with Crippen LogP contribution < -0.4 is 15.5 Å². The summed E-state index contributed by atoms with van der Waals surface area (Å²) >= 11 is 6.38. The maximum absolute atomic E-state index is 13.5. The van der Waals surface area contributed by atoms with Crippen molar-refractivity contribution in [2.45, 2.75) is 76.8 Å².